The van der Waals surface area contributed by atoms with Gasteiger partial charge in [0, 0.05) is 46.7 Å². The molecule has 7 amide bonds. The van der Waals surface area contributed by atoms with Crippen LogP contribution in [0, 0.1) is 5.92 Å². The predicted octanol–water partition coefficient (Wildman–Crippen LogP) is 2.72. The minimum Gasteiger partial charge on any atom is -0.508 e. The van der Waals surface area contributed by atoms with Crippen LogP contribution < -0.4 is 62.9 Å². The average Bonchev–Trinajstić information content (AvgIpc) is 0.767. The number of rotatable bonds is 15. The third kappa shape index (κ3) is 18.0. The average molecular weight is 1610 g/mol. The summed E-state index contributed by atoms with van der Waals surface area (Å²) in [5.74, 6) is -17.3. The van der Waals surface area contributed by atoms with Gasteiger partial charge in [0.2, 0.25) is 53.4 Å². The van der Waals surface area contributed by atoms with Gasteiger partial charge in [0.15, 0.2) is 35.1 Å². The molecule has 111 heavy (non-hydrogen) atoms. The van der Waals surface area contributed by atoms with E-state index in [4.69, 9.17) is 63.1 Å². The Kier molecular flexibility index (Phi) is 24.5. The van der Waals surface area contributed by atoms with Crippen LogP contribution in [0.15, 0.2) is 96.3 Å². The number of carbonyl (C=O) groups is 8. The lowest BCUT2D eigenvalue weighted by Gasteiger charge is -2.47. The molecule has 9 unspecified atom stereocenters. The lowest BCUT2D eigenvalue weighted by molar-refractivity contribution is -0.329. The van der Waals surface area contributed by atoms with Crippen molar-refractivity contribution in [2.75, 3.05) is 12.8 Å². The van der Waals surface area contributed by atoms with Crippen molar-refractivity contribution in [1.29, 1.82) is 0 Å². The van der Waals surface area contributed by atoms with Crippen molar-refractivity contribution in [3.63, 3.8) is 0 Å². The zero-order valence-electron chi connectivity index (χ0n) is 59.0. The fourth-order valence-corrected chi connectivity index (χ4v) is 14.5. The third-order valence-electron chi connectivity index (χ3n) is 18.9. The summed E-state index contributed by atoms with van der Waals surface area (Å²) in [6, 6.07) is -0.867. The molecule has 8 heterocycles. The van der Waals surface area contributed by atoms with Crippen molar-refractivity contribution in [1.82, 2.24) is 47.2 Å². The molecule has 0 spiro atoms. The first kappa shape index (κ1) is 82.0. The van der Waals surface area contributed by atoms with Gasteiger partial charge in [-0.1, -0.05) is 67.0 Å². The van der Waals surface area contributed by atoms with Crippen molar-refractivity contribution in [3.05, 3.63) is 135 Å². The Hall–Kier alpha value is -9.94. The van der Waals surface area contributed by atoms with E-state index >= 15 is 14.4 Å². The highest BCUT2D eigenvalue weighted by Crippen LogP contribution is 2.50. The van der Waals surface area contributed by atoms with Crippen LogP contribution in [0.3, 0.4) is 0 Å². The van der Waals surface area contributed by atoms with E-state index in [1.807, 2.05) is 0 Å². The predicted molar refractivity (Wildman–Crippen MR) is 380 cm³/mol. The zero-order chi connectivity index (χ0) is 80.7. The number of ether oxygens (including phenoxy) is 6. The third-order valence-corrected chi connectivity index (χ3v) is 20.4. The van der Waals surface area contributed by atoms with E-state index < -0.39 is 270 Å². The van der Waals surface area contributed by atoms with E-state index in [1.54, 1.807) is 13.8 Å². The second-order valence-corrected chi connectivity index (χ2v) is 29.4. The van der Waals surface area contributed by atoms with Crippen LogP contribution in [0.1, 0.15) is 111 Å². The number of nitrogens with one attached hydrogen (secondary N) is 7. The van der Waals surface area contributed by atoms with E-state index in [2.05, 4.69) is 47.2 Å². The summed E-state index contributed by atoms with van der Waals surface area (Å²) in [5.41, 5.74) is 6.37. The van der Waals surface area contributed by atoms with E-state index in [9.17, 15) is 83.1 Å². The number of fused-ring (bicyclic) bond motifs is 15. The van der Waals surface area contributed by atoms with Crippen molar-refractivity contribution >= 4 is 82.3 Å². The van der Waals surface area contributed by atoms with Gasteiger partial charge < -0.3 is 123 Å². The first-order valence-corrected chi connectivity index (χ1v) is 35.9. The molecule has 6 aromatic rings. The fourth-order valence-electron chi connectivity index (χ4n) is 13.2. The lowest BCUT2D eigenvalue weighted by atomic mass is 9.86. The number of phenolic OH excluding ortho intramolecular Hbond substituents is 3. The number of hydrogen-bond donors (Lipinski definition) is 18. The van der Waals surface area contributed by atoms with Gasteiger partial charge >= 0.3 is 12.1 Å². The number of thioether (sulfide) groups is 1. The van der Waals surface area contributed by atoms with Crippen LogP contribution in [-0.4, -0.2) is 195 Å². The van der Waals surface area contributed by atoms with Gasteiger partial charge in [0.05, 0.1) is 40.8 Å². The van der Waals surface area contributed by atoms with Gasteiger partial charge in [-0.15, -0.1) is 0 Å². The number of hydrogen-bond acceptors (Lipinski definition) is 27. The number of halogens is 5. The van der Waals surface area contributed by atoms with Crippen molar-refractivity contribution < 1.29 is 126 Å². The van der Waals surface area contributed by atoms with Gasteiger partial charge in [0.1, 0.15) is 89.1 Å². The number of carboxylic acid groups (broad SMARTS) is 1. The molecule has 1 aromatic heterocycles. The Morgan fingerprint density at radius 3 is 1.97 bits per heavy atom. The number of alkyl halides is 3. The van der Waals surface area contributed by atoms with Crippen LogP contribution in [-0.2, 0) is 58.7 Å². The second-order valence-electron chi connectivity index (χ2n) is 27.6. The molecule has 18 atom stereocenters. The number of benzene rings is 5. The maximum atomic E-state index is 16.2. The minimum atomic E-state index is -4.94. The Morgan fingerprint density at radius 1 is 0.748 bits per heavy atom. The molecule has 594 valence electrons. The molecule has 2 saturated heterocycles. The van der Waals surface area contributed by atoms with Crippen LogP contribution in [0.5, 0.6) is 46.0 Å². The maximum absolute atomic E-state index is 16.2. The van der Waals surface area contributed by atoms with Crippen molar-refractivity contribution in [2.45, 2.75) is 168 Å². The summed E-state index contributed by atoms with van der Waals surface area (Å²) in [4.78, 5) is 125. The molecule has 11 bridgehead atoms. The number of phenols is 3. The molecule has 40 heteroatoms. The van der Waals surface area contributed by atoms with E-state index in [1.165, 1.54) is 27.0 Å². The van der Waals surface area contributed by atoms with Crippen molar-refractivity contribution in [2.24, 2.45) is 17.4 Å². The van der Waals surface area contributed by atoms with E-state index in [0.717, 1.165) is 79.0 Å². The zero-order valence-corrected chi connectivity index (χ0v) is 61.3. The van der Waals surface area contributed by atoms with Crippen LogP contribution in [0.2, 0.25) is 10.0 Å². The van der Waals surface area contributed by atoms with Gasteiger partial charge in [-0.3, -0.25) is 33.6 Å². The Labute approximate surface area is 642 Å². The summed E-state index contributed by atoms with van der Waals surface area (Å²) in [6.07, 6.45) is -23.7. The molecule has 34 nitrogen and oxygen atoms in total. The van der Waals surface area contributed by atoms with Crippen LogP contribution >= 0.6 is 35.0 Å². The van der Waals surface area contributed by atoms with Crippen LogP contribution in [0.25, 0.3) is 11.1 Å². The molecule has 0 saturated carbocycles. The summed E-state index contributed by atoms with van der Waals surface area (Å²) in [6.45, 7) is 6.51. The Bertz CT molecular complexity index is 4630. The topological polar surface area (TPSA) is 536 Å². The fraction of sp³-hybridized carbons (Fsp3) is 0.408. The highest BCUT2D eigenvalue weighted by atomic mass is 35.5. The number of aromatic nitrogens is 2. The number of nitrogens with two attached hydrogens (primary N) is 2. The molecule has 0 radical (unpaired) electrons. The molecule has 13 rings (SSSR count). The number of amides is 7. The molecule has 5 aromatic carbocycles. The number of aliphatic hydroxyl groups excluding tert-OH is 5. The number of aliphatic hydroxyl groups is 5. The van der Waals surface area contributed by atoms with Gasteiger partial charge in [0.25, 0.3) is 0 Å². The highest BCUT2D eigenvalue weighted by Gasteiger charge is 2.52. The molecule has 7 aliphatic rings. The normalized spacial score (nSPS) is 28.0. The SMILES string of the molecule is CN[C@@H](CC(C)C)C(=O)N[C@H]1C(=O)N[C@@H](CC(N)=O)C(=O)N[C@H]2C(=O)N[C@H]3C(=O)N[C@H](C(=O)N[C@@H](C(=O)O)c4cc(O)cc(O)c4-c4cc3ccc4O)[C@H](O)c3ccc(c(Cl)c3)Oc3cc2cc(c3OC2OC(CSc3nccc(C(F)(F)F)n3)C(O)C(O)C2OC2CC(C)(N)C(O)C(C)O2)Oc2ccc(cc2Cl)[C@H]1O. The lowest BCUT2D eigenvalue weighted by Crippen LogP contribution is -2.64. The monoisotopic (exact) mass is 1610 g/mol. The number of likely N-dealkylation sites (N-methyl/N-ethyl adjacent to an activating group) is 1. The maximum Gasteiger partial charge on any atom is 0.433 e. The largest absolute Gasteiger partial charge is 0.508 e. The molecular formula is C71H76Cl2F3N11O23S. The van der Waals surface area contributed by atoms with Gasteiger partial charge in [-0.25, -0.2) is 14.8 Å². The first-order valence-electron chi connectivity index (χ1n) is 34.2. The number of aliphatic carboxylic acids is 1. The number of aromatic hydroxyl groups is 3. The molecule has 2 fully saturated rings. The second kappa shape index (κ2) is 33.2. The molecule has 0 aliphatic carbocycles. The summed E-state index contributed by atoms with van der Waals surface area (Å²) in [5, 5.41) is 121. The van der Waals surface area contributed by atoms with Crippen molar-refractivity contribution in [3.8, 4) is 57.1 Å². The summed E-state index contributed by atoms with van der Waals surface area (Å²) in [7, 11) is 1.45. The van der Waals surface area contributed by atoms with Gasteiger partial charge in [-0.05, 0) is 116 Å². The smallest absolute Gasteiger partial charge is 0.433 e. The summed E-state index contributed by atoms with van der Waals surface area (Å²) >= 11 is 14.7. The Balaban J connectivity index is 1.16. The number of carboxylic acids is 1. The molecule has 7 aliphatic heterocycles. The van der Waals surface area contributed by atoms with E-state index in [-0.39, 0.29) is 29.9 Å². The Morgan fingerprint density at radius 2 is 1.37 bits per heavy atom. The minimum absolute atomic E-state index is 0.130. The standard InChI is InChI=1S/C71H76Cl2F3N11O23S/c1-25(2)14-36(79-5)61(97)86-52-54(92)28-7-10-40(34(72)16-28)106-42-18-30-19-43(58(42)110-68-59(109-47-23-70(4,78)60(96)26(3)105-47)57(95)56(94)44(108-68)24-111-69-80-13-12-45(82-69)71(74,75)76)107-41-11-8-29(17-35(41)73)55(93)53-66(102)85-51(67(103)104)33-20-31(88)21-39(90)48(33)32-15-27(6-9-38(32)89)49(63(99)87-53)84-64(100)50(30)83-62(98)37(22-46(77)91)81-65(52)101/h6-13,15-21,25-26,36-37,44,47,49-57,59-60,68,79,88-90,92-96H,14,22-24,78H2,1-5H3,(H2,77,91)(H,81,101)(H,83,98)(H,84,100)(H,85,102)(H,86,97)(H,87,99)(H,103,104)/t26?,36-,37-,44?,47?,49+,50+,51+,52+,53-,54+,55+,56?,57?,59?,60?,68?,70?/m0/s1. The highest BCUT2D eigenvalue weighted by molar-refractivity contribution is 7.99. The number of primary amides is 1. The molecular weight excluding hydrogens is 1530 g/mol. The number of nitrogens with zero attached hydrogens (tertiary/aromatic N) is 2. The quantitative estimate of drug-likeness (QED) is 0.0519. The first-order chi connectivity index (χ1) is 52.3. The number of carbonyl (C=O) groups excluding carboxylic acids is 7. The van der Waals surface area contributed by atoms with Crippen LogP contribution in [0.4, 0.5) is 13.2 Å². The molecule has 20 N–H and O–H groups in total. The summed E-state index contributed by atoms with van der Waals surface area (Å²) < 4.78 is 81.0. The van der Waals surface area contributed by atoms with Gasteiger partial charge in [-0.2, -0.15) is 13.2 Å². The van der Waals surface area contributed by atoms with E-state index in [0.29, 0.717) is 17.8 Å².